The van der Waals surface area contributed by atoms with Crippen molar-refractivity contribution in [3.8, 4) is 0 Å². The molecule has 0 spiro atoms. The van der Waals surface area contributed by atoms with Crippen LogP contribution in [0.2, 0.25) is 0 Å². The number of alkyl halides is 1. The van der Waals surface area contributed by atoms with Crippen LogP contribution in [0.3, 0.4) is 0 Å². The monoisotopic (exact) mass is 433 g/mol. The number of fused-ring (bicyclic) bond motifs is 1. The van der Waals surface area contributed by atoms with Crippen LogP contribution in [0.5, 0.6) is 0 Å². The lowest BCUT2D eigenvalue weighted by molar-refractivity contribution is -0.145. The zero-order chi connectivity index (χ0) is 22.1. The van der Waals surface area contributed by atoms with Crippen molar-refractivity contribution in [3.05, 3.63) is 23.4 Å². The zero-order valence-corrected chi connectivity index (χ0v) is 18.4. The molecule has 1 saturated carbocycles. The number of aryl methyl sites for hydroxylation is 2. The van der Waals surface area contributed by atoms with E-state index in [9.17, 15) is 19.1 Å². The van der Waals surface area contributed by atoms with Gasteiger partial charge in [-0.05, 0) is 69.4 Å². The minimum atomic E-state index is -1.90. The lowest BCUT2D eigenvalue weighted by Gasteiger charge is -2.29. The van der Waals surface area contributed by atoms with E-state index in [4.69, 9.17) is 4.98 Å². The molecule has 1 aliphatic heterocycles. The zero-order valence-electron chi connectivity index (χ0n) is 18.4. The van der Waals surface area contributed by atoms with Gasteiger partial charge in [0.2, 0.25) is 0 Å². The second-order valence-corrected chi connectivity index (χ2v) is 9.04. The third-order valence-corrected chi connectivity index (χ3v) is 6.53. The van der Waals surface area contributed by atoms with Gasteiger partial charge in [-0.2, -0.15) is 0 Å². The number of aliphatic carboxylic acids is 1. The smallest absolute Gasteiger partial charge is 0.326 e. The summed E-state index contributed by atoms with van der Waals surface area (Å²) in [7, 11) is 0. The minimum Gasteiger partial charge on any atom is -0.480 e. The molecule has 1 atom stereocenters. The van der Waals surface area contributed by atoms with Gasteiger partial charge in [-0.1, -0.05) is 38.2 Å². The predicted octanol–water partition coefficient (Wildman–Crippen LogP) is 4.56. The maximum absolute atomic E-state index is 14.7. The molecule has 6 nitrogen and oxygen atoms in total. The van der Waals surface area contributed by atoms with Gasteiger partial charge in [-0.15, -0.1) is 0 Å². The Morgan fingerprint density at radius 2 is 1.84 bits per heavy atom. The summed E-state index contributed by atoms with van der Waals surface area (Å²) in [6.45, 7) is 0.994. The maximum atomic E-state index is 14.7. The number of hydrogen-bond acceptors (Lipinski definition) is 4. The van der Waals surface area contributed by atoms with E-state index in [2.05, 4.69) is 22.8 Å². The molecule has 1 aromatic rings. The third-order valence-electron chi connectivity index (χ3n) is 6.53. The van der Waals surface area contributed by atoms with Crippen LogP contribution in [0.4, 0.5) is 10.2 Å². The molecule has 31 heavy (non-hydrogen) atoms. The van der Waals surface area contributed by atoms with Gasteiger partial charge in [0.1, 0.15) is 11.9 Å². The van der Waals surface area contributed by atoms with E-state index in [1.165, 1.54) is 5.56 Å². The van der Waals surface area contributed by atoms with Gasteiger partial charge < -0.3 is 15.7 Å². The Hall–Kier alpha value is -2.18. The first-order valence-corrected chi connectivity index (χ1v) is 11.9. The summed E-state index contributed by atoms with van der Waals surface area (Å²) in [5.74, 6) is -0.791. The van der Waals surface area contributed by atoms with Crippen molar-refractivity contribution in [3.63, 3.8) is 0 Å². The summed E-state index contributed by atoms with van der Waals surface area (Å²) >= 11 is 0. The molecule has 1 amide bonds. The van der Waals surface area contributed by atoms with Crippen molar-refractivity contribution in [2.45, 2.75) is 102 Å². The Labute approximate surface area is 184 Å². The lowest BCUT2D eigenvalue weighted by Crippen LogP contribution is -2.51. The number of aromatic nitrogens is 1. The first kappa shape index (κ1) is 23.5. The fraction of sp³-hybridized carbons (Fsp3) is 0.708. The Morgan fingerprint density at radius 1 is 1.10 bits per heavy atom. The summed E-state index contributed by atoms with van der Waals surface area (Å²) in [5.41, 5.74) is 0.522. The largest absolute Gasteiger partial charge is 0.480 e. The molecule has 3 N–H and O–H groups in total. The number of carbonyl (C=O) groups excluding carboxylic acids is 1. The molecule has 3 rings (SSSR count). The highest BCUT2D eigenvalue weighted by atomic mass is 19.1. The average molecular weight is 434 g/mol. The maximum Gasteiger partial charge on any atom is 0.326 e. The Balaban J connectivity index is 1.31. The second-order valence-electron chi connectivity index (χ2n) is 9.04. The molecule has 7 heteroatoms. The molecule has 0 unspecified atom stereocenters. The number of amides is 1. The number of unbranched alkanes of at least 4 members (excludes halogenated alkanes) is 4. The van der Waals surface area contributed by atoms with Crippen LogP contribution >= 0.6 is 0 Å². The molecule has 0 radical (unpaired) electrons. The van der Waals surface area contributed by atoms with Crippen LogP contribution < -0.4 is 10.6 Å². The predicted molar refractivity (Wildman–Crippen MR) is 119 cm³/mol. The topological polar surface area (TPSA) is 91.3 Å². The quantitative estimate of drug-likeness (QED) is 0.445. The molecule has 1 aromatic heterocycles. The number of nitrogens with one attached hydrogen (secondary N) is 2. The number of pyridine rings is 1. The normalized spacial score (nSPS) is 18.5. The molecule has 2 heterocycles. The summed E-state index contributed by atoms with van der Waals surface area (Å²) in [6.07, 6.45) is 11.0. The lowest BCUT2D eigenvalue weighted by atomic mass is 9.85. The van der Waals surface area contributed by atoms with E-state index in [0.717, 1.165) is 69.4 Å². The standard InChI is InChI=1S/C24H36FN3O3/c25-24(15-7-4-8-16-24)23(31)28-20(22(29)30)12-6-3-1-2-5-11-19-14-13-18-10-9-17-26-21(18)27-19/h13-14,20H,1-12,15-17H2,(H,26,27)(H,28,31)(H,29,30)/t20-/m0/s1. The van der Waals surface area contributed by atoms with Crippen molar-refractivity contribution >= 4 is 17.7 Å². The van der Waals surface area contributed by atoms with Gasteiger partial charge >= 0.3 is 5.97 Å². The van der Waals surface area contributed by atoms with E-state index in [0.29, 0.717) is 25.7 Å². The number of carboxylic acids is 1. The van der Waals surface area contributed by atoms with Gasteiger partial charge in [0.25, 0.3) is 5.91 Å². The van der Waals surface area contributed by atoms with E-state index in [1.807, 2.05) is 0 Å². The summed E-state index contributed by atoms with van der Waals surface area (Å²) in [6, 6.07) is 3.30. The first-order valence-electron chi connectivity index (χ1n) is 11.9. The Morgan fingerprint density at radius 3 is 2.61 bits per heavy atom. The van der Waals surface area contributed by atoms with Crippen LogP contribution in [0, 0.1) is 0 Å². The average Bonchev–Trinajstić information content (AvgIpc) is 2.77. The van der Waals surface area contributed by atoms with Crippen molar-refractivity contribution in [2.75, 3.05) is 11.9 Å². The number of carboxylic acid groups (broad SMARTS) is 1. The van der Waals surface area contributed by atoms with Crippen LogP contribution in [0.15, 0.2) is 12.1 Å². The van der Waals surface area contributed by atoms with E-state index >= 15 is 0 Å². The number of carbonyl (C=O) groups is 2. The highest BCUT2D eigenvalue weighted by Gasteiger charge is 2.41. The second kappa shape index (κ2) is 11.4. The van der Waals surface area contributed by atoms with Crippen LogP contribution in [-0.2, 0) is 22.4 Å². The van der Waals surface area contributed by atoms with Gasteiger partial charge in [-0.3, -0.25) is 4.79 Å². The first-order chi connectivity index (χ1) is 15.0. The van der Waals surface area contributed by atoms with Crippen molar-refractivity contribution < 1.29 is 19.1 Å². The van der Waals surface area contributed by atoms with Crippen molar-refractivity contribution in [1.82, 2.24) is 10.3 Å². The fourth-order valence-electron chi connectivity index (χ4n) is 4.58. The molecule has 1 aliphatic carbocycles. The van der Waals surface area contributed by atoms with Crippen molar-refractivity contribution in [2.24, 2.45) is 0 Å². The molecular weight excluding hydrogens is 397 g/mol. The van der Waals surface area contributed by atoms with E-state index in [1.54, 1.807) is 0 Å². The number of anilines is 1. The fourth-order valence-corrected chi connectivity index (χ4v) is 4.58. The Bertz CT molecular complexity index is 750. The van der Waals surface area contributed by atoms with Gasteiger partial charge in [0, 0.05) is 12.2 Å². The third kappa shape index (κ3) is 6.91. The summed E-state index contributed by atoms with van der Waals surface area (Å²) in [5, 5.41) is 15.2. The van der Waals surface area contributed by atoms with Crippen LogP contribution in [0.1, 0.15) is 88.3 Å². The van der Waals surface area contributed by atoms with Crippen molar-refractivity contribution in [1.29, 1.82) is 0 Å². The number of halogens is 1. The number of rotatable bonds is 11. The van der Waals surface area contributed by atoms with Gasteiger partial charge in [0.05, 0.1) is 0 Å². The van der Waals surface area contributed by atoms with Crippen LogP contribution in [0.25, 0.3) is 0 Å². The molecule has 1 fully saturated rings. The molecule has 0 saturated heterocycles. The highest BCUT2D eigenvalue weighted by molar-refractivity contribution is 5.89. The molecule has 172 valence electrons. The highest BCUT2D eigenvalue weighted by Crippen LogP contribution is 2.32. The summed E-state index contributed by atoms with van der Waals surface area (Å²) in [4.78, 5) is 28.5. The molecule has 0 bridgehead atoms. The van der Waals surface area contributed by atoms with Crippen LogP contribution in [-0.4, -0.2) is 40.2 Å². The number of hydrogen-bond donors (Lipinski definition) is 3. The Kier molecular flexibility index (Phi) is 8.67. The van der Waals surface area contributed by atoms with Gasteiger partial charge in [-0.25, -0.2) is 14.2 Å². The molecular formula is C24H36FN3O3. The SMILES string of the molecule is O=C(O)[C@H](CCCCCCCc1ccc2c(n1)NCCC2)NC(=O)C1(F)CCCCC1. The van der Waals surface area contributed by atoms with Gasteiger partial charge in [0.15, 0.2) is 5.67 Å². The van der Waals surface area contributed by atoms with E-state index < -0.39 is 23.6 Å². The number of nitrogens with zero attached hydrogens (tertiary/aromatic N) is 1. The minimum absolute atomic E-state index is 0.195. The summed E-state index contributed by atoms with van der Waals surface area (Å²) < 4.78 is 14.7. The molecule has 2 aliphatic rings. The van der Waals surface area contributed by atoms with E-state index in [-0.39, 0.29) is 12.8 Å². The molecule has 0 aromatic carbocycles.